The van der Waals surface area contributed by atoms with Crippen molar-refractivity contribution in [1.29, 1.82) is 0 Å². The van der Waals surface area contributed by atoms with Gasteiger partial charge in [-0.2, -0.15) is 0 Å². The average Bonchev–Trinajstić information content (AvgIpc) is 2.89. The van der Waals surface area contributed by atoms with Gasteiger partial charge in [-0.25, -0.2) is 0 Å². The average molecular weight is 611 g/mol. The van der Waals surface area contributed by atoms with E-state index in [0.29, 0.717) is 5.56 Å². The molecule has 2 N–H and O–H groups in total. The molecule has 0 saturated heterocycles. The second-order valence-corrected chi connectivity index (χ2v) is 17.8. The molecular formula is C40H51O3P. The van der Waals surface area contributed by atoms with Crippen molar-refractivity contribution in [2.24, 2.45) is 0 Å². The number of benzene rings is 4. The fraction of sp³-hybridized carbons (Fsp3) is 0.400. The lowest BCUT2D eigenvalue weighted by atomic mass is 9.70. The van der Waals surface area contributed by atoms with Crippen LogP contribution in [0.25, 0.3) is 33.4 Å². The molecule has 4 aromatic carbocycles. The van der Waals surface area contributed by atoms with E-state index in [0.717, 1.165) is 38.9 Å². The molecule has 0 aromatic heterocycles. The molecule has 0 spiro atoms. The molecule has 234 valence electrons. The van der Waals surface area contributed by atoms with Gasteiger partial charge in [-0.3, -0.25) is 4.57 Å². The molecule has 0 saturated carbocycles. The molecule has 0 aliphatic carbocycles. The van der Waals surface area contributed by atoms with Crippen molar-refractivity contribution in [2.75, 3.05) is 0 Å². The van der Waals surface area contributed by atoms with E-state index >= 15 is 0 Å². The van der Waals surface area contributed by atoms with Crippen LogP contribution in [0.4, 0.5) is 0 Å². The molecule has 0 aliphatic heterocycles. The molecule has 4 aromatic rings. The first-order valence-electron chi connectivity index (χ1n) is 15.6. The van der Waals surface area contributed by atoms with Gasteiger partial charge in [0.2, 0.25) is 0 Å². The zero-order valence-corrected chi connectivity index (χ0v) is 29.6. The normalized spacial score (nSPS) is 13.3. The predicted molar refractivity (Wildman–Crippen MR) is 189 cm³/mol. The summed E-state index contributed by atoms with van der Waals surface area (Å²) in [7, 11) is -4.71. The Morgan fingerprint density at radius 3 is 1.18 bits per heavy atom. The quantitative estimate of drug-likeness (QED) is 0.226. The summed E-state index contributed by atoms with van der Waals surface area (Å²) in [5.74, 6) is 0. The van der Waals surface area contributed by atoms with Crippen molar-refractivity contribution >= 4 is 12.9 Å². The molecular weight excluding hydrogens is 559 g/mol. The molecule has 0 unspecified atom stereocenters. The lowest BCUT2D eigenvalue weighted by molar-refractivity contribution is 0.387. The fourth-order valence-corrected chi connectivity index (χ4v) is 7.15. The molecule has 0 radical (unpaired) electrons. The minimum absolute atomic E-state index is 0.0628. The van der Waals surface area contributed by atoms with E-state index in [4.69, 9.17) is 0 Å². The fourth-order valence-electron chi connectivity index (χ4n) is 6.36. The van der Waals surface area contributed by atoms with E-state index in [2.05, 4.69) is 132 Å². The Morgan fingerprint density at radius 2 is 0.818 bits per heavy atom. The van der Waals surface area contributed by atoms with Gasteiger partial charge >= 0.3 is 7.60 Å². The monoisotopic (exact) mass is 610 g/mol. The second-order valence-electron chi connectivity index (χ2n) is 16.2. The molecule has 44 heavy (non-hydrogen) atoms. The van der Waals surface area contributed by atoms with Crippen molar-refractivity contribution < 1.29 is 14.4 Å². The van der Waals surface area contributed by atoms with Gasteiger partial charge < -0.3 is 9.79 Å². The summed E-state index contributed by atoms with van der Waals surface area (Å²) in [4.78, 5) is 22.1. The summed E-state index contributed by atoms with van der Waals surface area (Å²) in [5, 5.41) is 0.0628. The molecule has 0 fully saturated rings. The number of hydrogen-bond acceptors (Lipinski definition) is 1. The summed E-state index contributed by atoms with van der Waals surface area (Å²) in [6.07, 6.45) is 0. The van der Waals surface area contributed by atoms with Gasteiger partial charge in [0, 0.05) is 5.56 Å². The van der Waals surface area contributed by atoms with E-state index in [1.165, 1.54) is 11.1 Å². The van der Waals surface area contributed by atoms with Crippen LogP contribution in [-0.2, 0) is 26.2 Å². The summed E-state index contributed by atoms with van der Waals surface area (Å²) < 4.78 is 13.5. The minimum atomic E-state index is -4.71. The van der Waals surface area contributed by atoms with E-state index < -0.39 is 7.60 Å². The van der Waals surface area contributed by atoms with E-state index in [1.54, 1.807) is 6.07 Å². The largest absolute Gasteiger partial charge is 0.356 e. The highest BCUT2D eigenvalue weighted by Crippen LogP contribution is 2.52. The highest BCUT2D eigenvalue weighted by Gasteiger charge is 2.36. The van der Waals surface area contributed by atoms with Crippen LogP contribution in [0.5, 0.6) is 0 Å². The first kappa shape index (κ1) is 33.9. The van der Waals surface area contributed by atoms with Gasteiger partial charge in [-0.1, -0.05) is 156 Å². The first-order chi connectivity index (χ1) is 20.0. The van der Waals surface area contributed by atoms with Crippen molar-refractivity contribution in [3.05, 3.63) is 101 Å². The molecule has 4 rings (SSSR count). The second kappa shape index (κ2) is 11.4. The summed E-state index contributed by atoms with van der Waals surface area (Å²) in [5.41, 5.74) is 9.07. The van der Waals surface area contributed by atoms with Crippen LogP contribution < -0.4 is 5.30 Å². The zero-order valence-electron chi connectivity index (χ0n) is 28.8. The van der Waals surface area contributed by atoms with Crippen LogP contribution in [0, 0.1) is 0 Å². The topological polar surface area (TPSA) is 57.5 Å². The molecule has 0 heterocycles. The Hall–Kier alpha value is -2.97. The summed E-state index contributed by atoms with van der Waals surface area (Å²) in [6, 6.07) is 26.7. The standard InChI is InChI=1S/C40H51O3P/c1-37(2,3)28-20-16-21-29(38(4,5)6)34(28)27-24-25-32(44(41,42)43)36(33(27)26-18-14-13-15-19-26)35-30(39(7,8)9)22-17-23-31(35)40(10,11)12/h13-25H,1-12H3,(H2,41,42,43). The lowest BCUT2D eigenvalue weighted by Crippen LogP contribution is -2.23. The van der Waals surface area contributed by atoms with Crippen molar-refractivity contribution in [3.8, 4) is 33.4 Å². The van der Waals surface area contributed by atoms with E-state index in [-0.39, 0.29) is 27.0 Å². The lowest BCUT2D eigenvalue weighted by Gasteiger charge is -2.34. The smallest absolute Gasteiger partial charge is 0.321 e. The molecule has 0 aliphatic rings. The maximum absolute atomic E-state index is 13.5. The van der Waals surface area contributed by atoms with Crippen LogP contribution in [-0.4, -0.2) is 9.79 Å². The van der Waals surface area contributed by atoms with Crippen LogP contribution in [0.2, 0.25) is 0 Å². The minimum Gasteiger partial charge on any atom is -0.321 e. The maximum atomic E-state index is 13.5. The number of rotatable bonds is 4. The van der Waals surface area contributed by atoms with Gasteiger partial charge in [0.1, 0.15) is 0 Å². The van der Waals surface area contributed by atoms with E-state index in [9.17, 15) is 14.4 Å². The van der Waals surface area contributed by atoms with Crippen molar-refractivity contribution in [1.82, 2.24) is 0 Å². The molecule has 0 atom stereocenters. The van der Waals surface area contributed by atoms with Gasteiger partial charge in [0.25, 0.3) is 0 Å². The predicted octanol–water partition coefficient (Wildman–Crippen LogP) is 10.7. The van der Waals surface area contributed by atoms with Gasteiger partial charge in [0.15, 0.2) is 0 Å². The third kappa shape index (κ3) is 6.66. The SMILES string of the molecule is CC(C)(C)c1cccc(C(C)(C)C)c1-c1ccc(P(=O)(O)O)c(-c2c(C(C)(C)C)cccc2C(C)(C)C)c1-c1ccccc1. The van der Waals surface area contributed by atoms with E-state index in [1.807, 2.05) is 24.3 Å². The Labute approximate surface area is 265 Å². The Bertz CT molecular complexity index is 1650. The Morgan fingerprint density at radius 1 is 0.432 bits per heavy atom. The van der Waals surface area contributed by atoms with Gasteiger partial charge in [-0.05, 0) is 77.8 Å². The molecule has 3 nitrogen and oxygen atoms in total. The summed E-state index contributed by atoms with van der Waals surface area (Å²) in [6.45, 7) is 26.5. The highest BCUT2D eigenvalue weighted by molar-refractivity contribution is 7.60. The van der Waals surface area contributed by atoms with Crippen LogP contribution in [0.15, 0.2) is 78.9 Å². The number of hydrogen-bond donors (Lipinski definition) is 2. The Balaban J connectivity index is 2.44. The van der Waals surface area contributed by atoms with Crippen LogP contribution >= 0.6 is 7.60 Å². The van der Waals surface area contributed by atoms with Crippen LogP contribution in [0.3, 0.4) is 0 Å². The molecule has 4 heteroatoms. The first-order valence-corrected chi connectivity index (χ1v) is 17.2. The third-order valence-corrected chi connectivity index (χ3v) is 9.44. The van der Waals surface area contributed by atoms with Crippen molar-refractivity contribution in [3.63, 3.8) is 0 Å². The zero-order chi connectivity index (χ0) is 33.0. The molecule has 0 amide bonds. The van der Waals surface area contributed by atoms with Gasteiger partial charge in [0.05, 0.1) is 5.30 Å². The molecule has 0 bridgehead atoms. The summed E-state index contributed by atoms with van der Waals surface area (Å²) >= 11 is 0. The van der Waals surface area contributed by atoms with Crippen LogP contribution in [0.1, 0.15) is 105 Å². The third-order valence-electron chi connectivity index (χ3n) is 8.44. The Kier molecular flexibility index (Phi) is 8.81. The van der Waals surface area contributed by atoms with Crippen molar-refractivity contribution in [2.45, 2.75) is 105 Å². The maximum Gasteiger partial charge on any atom is 0.356 e. The van der Waals surface area contributed by atoms with Gasteiger partial charge in [-0.15, -0.1) is 0 Å². The highest BCUT2D eigenvalue weighted by atomic mass is 31.2.